The van der Waals surface area contributed by atoms with Crippen LogP contribution in [0.3, 0.4) is 0 Å². The third kappa shape index (κ3) is 4.80. The smallest absolute Gasteiger partial charge is 0.156 e. The fourth-order valence-corrected chi connectivity index (χ4v) is 2.80. The minimum absolute atomic E-state index is 0.169. The first-order valence-electron chi connectivity index (χ1n) is 6.83. The second kappa shape index (κ2) is 7.09. The third-order valence-electron chi connectivity index (χ3n) is 3.24. The highest BCUT2D eigenvalue weighted by molar-refractivity contribution is 7.92. The number of sulfone groups is 1. The number of ether oxygens (including phenoxy) is 1. The molecule has 4 nitrogen and oxygen atoms in total. The summed E-state index contributed by atoms with van der Waals surface area (Å²) in [5.74, 6) is 1.04. The Bertz CT molecular complexity index is 518. The first-order chi connectivity index (χ1) is 9.28. The molecule has 1 N–H and O–H groups in total. The van der Waals surface area contributed by atoms with Gasteiger partial charge in [0.05, 0.1) is 17.6 Å². The molecule has 0 saturated carbocycles. The summed E-state index contributed by atoms with van der Waals surface area (Å²) in [6, 6.07) is 7.86. The lowest BCUT2D eigenvalue weighted by atomic mass is 10.1. The van der Waals surface area contributed by atoms with Gasteiger partial charge >= 0.3 is 0 Å². The second-order valence-electron chi connectivity index (χ2n) is 5.74. The fraction of sp³-hybridized carbons (Fsp3) is 0.600. The van der Waals surface area contributed by atoms with Gasteiger partial charge in [-0.15, -0.1) is 0 Å². The first-order valence-corrected chi connectivity index (χ1v) is 8.48. The normalized spacial score (nSPS) is 12.4. The molecule has 20 heavy (non-hydrogen) atoms. The third-order valence-corrected chi connectivity index (χ3v) is 5.85. The Balaban J connectivity index is 2.36. The highest BCUT2D eigenvalue weighted by Gasteiger charge is 2.27. The lowest BCUT2D eigenvalue weighted by Crippen LogP contribution is -2.35. The van der Waals surface area contributed by atoms with Crippen molar-refractivity contribution in [3.05, 3.63) is 29.8 Å². The van der Waals surface area contributed by atoms with Gasteiger partial charge in [0.15, 0.2) is 9.84 Å². The summed E-state index contributed by atoms with van der Waals surface area (Å²) < 4.78 is 28.4. The van der Waals surface area contributed by atoms with Gasteiger partial charge in [0.25, 0.3) is 0 Å². The number of hydrogen-bond donors (Lipinski definition) is 1. The van der Waals surface area contributed by atoms with Gasteiger partial charge in [0, 0.05) is 6.54 Å². The van der Waals surface area contributed by atoms with E-state index in [2.05, 4.69) is 5.32 Å². The molecule has 0 aliphatic heterocycles. The number of hydrogen-bond acceptors (Lipinski definition) is 4. The SMILES string of the molecule is COc1ccccc1CCNCCS(=O)(=O)C(C)(C)C. The summed E-state index contributed by atoms with van der Waals surface area (Å²) in [4.78, 5) is 0. The summed E-state index contributed by atoms with van der Waals surface area (Å²) >= 11 is 0. The van der Waals surface area contributed by atoms with Gasteiger partial charge in [0.1, 0.15) is 5.75 Å². The molecule has 1 aromatic rings. The van der Waals surface area contributed by atoms with Crippen LogP contribution < -0.4 is 10.1 Å². The van der Waals surface area contributed by atoms with E-state index in [-0.39, 0.29) is 5.75 Å². The van der Waals surface area contributed by atoms with E-state index < -0.39 is 14.6 Å². The van der Waals surface area contributed by atoms with Crippen LogP contribution in [-0.4, -0.2) is 39.1 Å². The molecule has 0 aromatic heterocycles. The number of para-hydroxylation sites is 1. The molecule has 0 aliphatic carbocycles. The number of rotatable bonds is 7. The minimum Gasteiger partial charge on any atom is -0.496 e. The zero-order valence-corrected chi connectivity index (χ0v) is 13.6. The van der Waals surface area contributed by atoms with Gasteiger partial charge in [-0.2, -0.15) is 0 Å². The van der Waals surface area contributed by atoms with Crippen molar-refractivity contribution in [2.24, 2.45) is 0 Å². The van der Waals surface area contributed by atoms with Crippen LogP contribution in [0.15, 0.2) is 24.3 Å². The van der Waals surface area contributed by atoms with Gasteiger partial charge in [-0.25, -0.2) is 8.42 Å². The van der Waals surface area contributed by atoms with Crippen molar-refractivity contribution >= 4 is 9.84 Å². The minimum atomic E-state index is -3.04. The van der Waals surface area contributed by atoms with Crippen molar-refractivity contribution in [1.82, 2.24) is 5.32 Å². The van der Waals surface area contributed by atoms with Crippen LogP contribution in [0.2, 0.25) is 0 Å². The molecule has 1 rings (SSSR count). The molecule has 5 heteroatoms. The highest BCUT2D eigenvalue weighted by atomic mass is 32.2. The Kier molecular flexibility index (Phi) is 6.02. The molecular formula is C15H25NO3S. The van der Waals surface area contributed by atoms with Crippen molar-refractivity contribution in [3.63, 3.8) is 0 Å². The van der Waals surface area contributed by atoms with Crippen LogP contribution in [-0.2, 0) is 16.3 Å². The average molecular weight is 299 g/mol. The Morgan fingerprint density at radius 1 is 1.15 bits per heavy atom. The summed E-state index contributed by atoms with van der Waals surface area (Å²) in [5, 5.41) is 3.18. The van der Waals surface area contributed by atoms with E-state index in [1.54, 1.807) is 27.9 Å². The second-order valence-corrected chi connectivity index (χ2v) is 8.61. The molecule has 0 heterocycles. The summed E-state index contributed by atoms with van der Waals surface area (Å²) in [7, 11) is -1.39. The van der Waals surface area contributed by atoms with Crippen molar-refractivity contribution in [3.8, 4) is 5.75 Å². The molecule has 0 atom stereocenters. The topological polar surface area (TPSA) is 55.4 Å². The van der Waals surface area contributed by atoms with Crippen LogP contribution in [0.4, 0.5) is 0 Å². The van der Waals surface area contributed by atoms with E-state index in [1.165, 1.54) is 0 Å². The van der Waals surface area contributed by atoms with Crippen molar-refractivity contribution < 1.29 is 13.2 Å². The largest absolute Gasteiger partial charge is 0.496 e. The standard InChI is InChI=1S/C15H25NO3S/c1-15(2,3)20(17,18)12-11-16-10-9-13-7-5-6-8-14(13)19-4/h5-8,16H,9-12H2,1-4H3. The fourth-order valence-electron chi connectivity index (χ4n) is 1.77. The maximum absolute atomic E-state index is 11.9. The van der Waals surface area contributed by atoms with E-state index in [4.69, 9.17) is 4.74 Å². The maximum atomic E-state index is 11.9. The lowest BCUT2D eigenvalue weighted by molar-refractivity contribution is 0.409. The first kappa shape index (κ1) is 17.0. The van der Waals surface area contributed by atoms with E-state index in [0.717, 1.165) is 24.3 Å². The van der Waals surface area contributed by atoms with Crippen LogP contribution in [0.5, 0.6) is 5.75 Å². The molecule has 0 amide bonds. The van der Waals surface area contributed by atoms with Gasteiger partial charge in [-0.05, 0) is 45.4 Å². The maximum Gasteiger partial charge on any atom is 0.156 e. The molecule has 0 unspecified atom stereocenters. The molecule has 0 aliphatic rings. The van der Waals surface area contributed by atoms with Gasteiger partial charge in [-0.1, -0.05) is 18.2 Å². The van der Waals surface area contributed by atoms with Gasteiger partial charge < -0.3 is 10.1 Å². The molecule has 0 fully saturated rings. The molecular weight excluding hydrogens is 274 g/mol. The lowest BCUT2D eigenvalue weighted by Gasteiger charge is -2.19. The molecule has 0 radical (unpaired) electrons. The van der Waals surface area contributed by atoms with Crippen molar-refractivity contribution in [2.75, 3.05) is 26.0 Å². The highest BCUT2D eigenvalue weighted by Crippen LogP contribution is 2.17. The zero-order valence-electron chi connectivity index (χ0n) is 12.8. The van der Waals surface area contributed by atoms with Crippen LogP contribution in [0.25, 0.3) is 0 Å². The van der Waals surface area contributed by atoms with Crippen molar-refractivity contribution in [2.45, 2.75) is 31.9 Å². The molecule has 0 spiro atoms. The Hall–Kier alpha value is -1.07. The van der Waals surface area contributed by atoms with E-state index in [9.17, 15) is 8.42 Å². The predicted molar refractivity (Wildman–Crippen MR) is 83.1 cm³/mol. The Morgan fingerprint density at radius 2 is 1.80 bits per heavy atom. The monoisotopic (exact) mass is 299 g/mol. The average Bonchev–Trinajstić information content (AvgIpc) is 2.37. The van der Waals surface area contributed by atoms with E-state index in [1.807, 2.05) is 24.3 Å². The molecule has 0 saturated heterocycles. The van der Waals surface area contributed by atoms with Crippen LogP contribution in [0.1, 0.15) is 26.3 Å². The number of methoxy groups -OCH3 is 1. The predicted octanol–water partition coefficient (Wildman–Crippen LogP) is 2.04. The Morgan fingerprint density at radius 3 is 2.40 bits per heavy atom. The van der Waals surface area contributed by atoms with Crippen LogP contribution >= 0.6 is 0 Å². The van der Waals surface area contributed by atoms with Crippen LogP contribution in [0, 0.1) is 0 Å². The quantitative estimate of drug-likeness (QED) is 0.783. The number of nitrogens with one attached hydrogen (secondary N) is 1. The summed E-state index contributed by atoms with van der Waals surface area (Å²) in [6.07, 6.45) is 0.819. The molecule has 1 aromatic carbocycles. The van der Waals surface area contributed by atoms with E-state index in [0.29, 0.717) is 6.54 Å². The zero-order chi connectivity index (χ0) is 15.2. The molecule has 0 bridgehead atoms. The van der Waals surface area contributed by atoms with E-state index >= 15 is 0 Å². The summed E-state index contributed by atoms with van der Waals surface area (Å²) in [6.45, 7) is 6.42. The van der Waals surface area contributed by atoms with Crippen molar-refractivity contribution in [1.29, 1.82) is 0 Å². The number of benzene rings is 1. The Labute approximate surface area is 122 Å². The van der Waals surface area contributed by atoms with Gasteiger partial charge in [0.2, 0.25) is 0 Å². The molecule has 114 valence electrons. The van der Waals surface area contributed by atoms with Gasteiger partial charge in [-0.3, -0.25) is 0 Å². The summed E-state index contributed by atoms with van der Waals surface area (Å²) in [5.41, 5.74) is 1.13.